The van der Waals surface area contributed by atoms with Crippen LogP contribution in [0.4, 0.5) is 17.2 Å². The van der Waals surface area contributed by atoms with Crippen molar-refractivity contribution < 1.29 is 88.5 Å². The second kappa shape index (κ2) is 20.8. The van der Waals surface area contributed by atoms with E-state index in [9.17, 15) is 57.0 Å². The lowest BCUT2D eigenvalue weighted by Crippen LogP contribution is -2.21. The van der Waals surface area contributed by atoms with E-state index in [2.05, 4.69) is 66.9 Å². The molecule has 1 aliphatic rings. The molecule has 0 bridgehead atoms. The zero-order chi connectivity index (χ0) is 49.0. The summed E-state index contributed by atoms with van der Waals surface area (Å²) >= 11 is 0. The quantitative estimate of drug-likeness (QED) is 0.0601. The molecule has 1 fully saturated rings. The van der Waals surface area contributed by atoms with E-state index in [1.165, 1.54) is 29.7 Å². The predicted octanol–water partition coefficient (Wildman–Crippen LogP) is 3.88. The summed E-state index contributed by atoms with van der Waals surface area (Å²) in [5, 5.41) is 16.0. The van der Waals surface area contributed by atoms with Gasteiger partial charge in [0.1, 0.15) is 19.4 Å². The maximum Gasteiger partial charge on any atom is 0.476 e. The van der Waals surface area contributed by atoms with Gasteiger partial charge in [0.15, 0.2) is 11.5 Å². The first kappa shape index (κ1) is 53.2. The highest BCUT2D eigenvalue weighted by Gasteiger charge is 2.37. The van der Waals surface area contributed by atoms with Crippen molar-refractivity contribution in [2.24, 2.45) is 5.92 Å². The first-order chi connectivity index (χ1) is 30.4. The molecule has 0 amide bonds. The lowest BCUT2D eigenvalue weighted by Gasteiger charge is -2.31. The largest absolute Gasteiger partial charge is 0.778 e. The van der Waals surface area contributed by atoms with E-state index >= 15 is 0 Å². The minimum atomic E-state index is -5.91. The molecule has 26 nitrogen and oxygen atoms in total. The molecule has 360 valence electrons. The zero-order valence-electron chi connectivity index (χ0n) is 34.5. The second-order valence-electron chi connectivity index (χ2n) is 14.4. The van der Waals surface area contributed by atoms with Gasteiger partial charge in [0.05, 0.1) is 24.7 Å². The minimum Gasteiger partial charge on any atom is -0.778 e. The van der Waals surface area contributed by atoms with Gasteiger partial charge in [-0.3, -0.25) is 23.1 Å². The van der Waals surface area contributed by atoms with Crippen molar-refractivity contribution >= 4 is 96.5 Å². The number of phosphoric ester groups is 1. The van der Waals surface area contributed by atoms with E-state index in [1.807, 2.05) is 31.2 Å². The van der Waals surface area contributed by atoms with Gasteiger partial charge < -0.3 is 64.5 Å². The normalized spacial score (nSPS) is 20.9. The number of nitrogens with two attached hydrogens (primary N) is 2. The average Bonchev–Trinajstić information content (AvgIpc) is 3.76. The smallest absolute Gasteiger partial charge is 0.476 e. The number of hydrogen-bond acceptors (Lipinski definition) is 21. The van der Waals surface area contributed by atoms with E-state index in [0.29, 0.717) is 23.2 Å². The van der Waals surface area contributed by atoms with Crippen LogP contribution in [-0.4, -0.2) is 58.7 Å². The van der Waals surface area contributed by atoms with Crippen molar-refractivity contribution in [2.75, 3.05) is 29.8 Å². The number of nitrogens with zero attached hydrogens (tertiary/aromatic N) is 4. The molecule has 6 aromatic rings. The lowest BCUT2D eigenvalue weighted by atomic mass is 10.0. The molecule has 6 unspecified atom stereocenters. The van der Waals surface area contributed by atoms with Crippen LogP contribution in [0.1, 0.15) is 30.0 Å². The summed E-state index contributed by atoms with van der Waals surface area (Å²) in [5.41, 5.74) is 15.5. The maximum absolute atomic E-state index is 12.0. The standard InChI is InChI=1S/C12H16NO8P3.C11H18N5O11P3.C11H11N/c1-9-5-3-7-11-10(9)6-4-8-12(11)13-23(16,17)21-24(18,19)20-22(2,14)15;12-10-9-11(14-4-13-10)16(5-15-9)7-1-6(8(17)2-7)3-25-29(21,22)27-30(23,24)26-28(18,19)20;1-8-4-2-6-10-9(8)5-3-7-11(10)12/h3-8H,1-2H3,(H,14,15)(H,18,19)(H2,13,16,17);4-8,17H,1-3H2,(H,21,22)(H,23,24)(H2,12,13,14)(H2,18,19,20);2-7H,12H2,1H3/p-4/t;6-,7-,8?;/m.1./s1. The Bertz CT molecular complexity index is 2980. The number of aliphatic hydroxyl groups is 1. The molecule has 7 rings (SSSR count). The Kier molecular flexibility index (Phi) is 16.8. The third-order valence-electron chi connectivity index (χ3n) is 9.30. The molecule has 32 heteroatoms. The Balaban J connectivity index is 0.000000201. The average molecular weight is 1040 g/mol. The van der Waals surface area contributed by atoms with Gasteiger partial charge in [0.2, 0.25) is 0 Å². The molecule has 2 heterocycles. The summed E-state index contributed by atoms with van der Waals surface area (Å²) in [6.45, 7) is 3.78. The number of benzene rings is 4. The van der Waals surface area contributed by atoms with Gasteiger partial charge in [-0.15, -0.1) is 0 Å². The van der Waals surface area contributed by atoms with Gasteiger partial charge in [-0.05, 0) is 60.7 Å². The van der Waals surface area contributed by atoms with E-state index < -0.39 is 65.3 Å². The number of phosphoric acid groups is 4. The van der Waals surface area contributed by atoms with Gasteiger partial charge in [-0.2, -0.15) is 0 Å². The Morgan fingerprint density at radius 1 is 0.712 bits per heavy atom. The number of anilines is 3. The highest BCUT2D eigenvalue weighted by atomic mass is 31.3. The summed E-state index contributed by atoms with van der Waals surface area (Å²) in [6, 6.07) is 21.9. The highest BCUT2D eigenvalue weighted by Crippen LogP contribution is 2.64. The van der Waals surface area contributed by atoms with E-state index in [-0.39, 0.29) is 30.4 Å². The van der Waals surface area contributed by atoms with Crippen molar-refractivity contribution in [1.29, 1.82) is 0 Å². The number of aliphatic hydroxyl groups excluding tert-OH is 1. The minimum absolute atomic E-state index is 0.142. The maximum atomic E-state index is 12.0. The van der Waals surface area contributed by atoms with E-state index in [1.54, 1.807) is 28.8 Å². The lowest BCUT2D eigenvalue weighted by molar-refractivity contribution is -0.241. The van der Waals surface area contributed by atoms with Gasteiger partial charge in [-0.1, -0.05) is 60.7 Å². The molecule has 0 spiro atoms. The van der Waals surface area contributed by atoms with Crippen LogP contribution in [0.15, 0.2) is 85.5 Å². The molecule has 0 radical (unpaired) electrons. The Hall–Kier alpha value is -3.79. The van der Waals surface area contributed by atoms with Crippen molar-refractivity contribution in [1.82, 2.24) is 19.5 Å². The van der Waals surface area contributed by atoms with Crippen LogP contribution in [0.2, 0.25) is 0 Å². The molecule has 8 atom stereocenters. The topological polar surface area (TPSA) is 429 Å². The number of aromatic nitrogens is 4. The number of rotatable bonds is 14. The van der Waals surface area contributed by atoms with Gasteiger partial charge in [0, 0.05) is 35.1 Å². The molecule has 1 aliphatic carbocycles. The van der Waals surface area contributed by atoms with E-state index in [4.69, 9.17) is 21.3 Å². The van der Waals surface area contributed by atoms with Crippen LogP contribution in [0.5, 0.6) is 0 Å². The third-order valence-corrected chi connectivity index (χ3v) is 17.2. The molecule has 9 N–H and O–H groups in total. The van der Waals surface area contributed by atoms with Crippen molar-refractivity contribution in [2.45, 2.75) is 38.8 Å². The summed E-state index contributed by atoms with van der Waals surface area (Å²) in [6.07, 6.45) is 2.08. The van der Waals surface area contributed by atoms with Crippen LogP contribution >= 0.6 is 46.6 Å². The summed E-state index contributed by atoms with van der Waals surface area (Å²) in [4.78, 5) is 83.8. The van der Waals surface area contributed by atoms with Crippen molar-refractivity contribution in [3.63, 3.8) is 0 Å². The van der Waals surface area contributed by atoms with Crippen LogP contribution in [0.25, 0.3) is 32.7 Å². The highest BCUT2D eigenvalue weighted by molar-refractivity contribution is 7.69. The van der Waals surface area contributed by atoms with Crippen LogP contribution < -0.4 is 36.1 Å². The van der Waals surface area contributed by atoms with Crippen LogP contribution in [-0.2, 0) is 49.2 Å². The fourth-order valence-electron chi connectivity index (χ4n) is 6.66. The van der Waals surface area contributed by atoms with Crippen LogP contribution in [0, 0.1) is 19.8 Å². The molecule has 0 aliphatic heterocycles. The first-order valence-corrected chi connectivity index (χ1v) is 28.1. The number of fused-ring (bicyclic) bond motifs is 3. The summed E-state index contributed by atoms with van der Waals surface area (Å²) in [5.74, 6) is -0.576. The van der Waals surface area contributed by atoms with Gasteiger partial charge in [-0.25, -0.2) is 37.0 Å². The monoisotopic (exact) mass is 1040 g/mol. The molecule has 66 heavy (non-hydrogen) atoms. The van der Waals surface area contributed by atoms with Crippen LogP contribution in [0.3, 0.4) is 0 Å². The van der Waals surface area contributed by atoms with Crippen molar-refractivity contribution in [3.8, 4) is 0 Å². The van der Waals surface area contributed by atoms with Gasteiger partial charge in [0.25, 0.3) is 23.5 Å². The summed E-state index contributed by atoms with van der Waals surface area (Å²) in [7, 11) is -32.3. The molecular weight excluding hydrogens is 996 g/mol. The Labute approximate surface area is 374 Å². The molecule has 1 saturated carbocycles. The third kappa shape index (κ3) is 15.1. The number of nitrogens with one attached hydrogen (secondary N) is 1. The van der Waals surface area contributed by atoms with E-state index in [0.717, 1.165) is 22.0 Å². The predicted molar refractivity (Wildman–Crippen MR) is 231 cm³/mol. The first-order valence-electron chi connectivity index (χ1n) is 18.7. The van der Waals surface area contributed by atoms with Crippen molar-refractivity contribution in [3.05, 3.63) is 96.6 Å². The number of hydrogen-bond donors (Lipinski definition) is 7. The molecule has 2 aromatic heterocycles. The Morgan fingerprint density at radius 3 is 1.88 bits per heavy atom. The van der Waals surface area contributed by atoms with Gasteiger partial charge >= 0.3 is 15.6 Å². The molecule has 4 aromatic carbocycles. The fourth-order valence-corrected chi connectivity index (χ4v) is 13.2. The second-order valence-corrected chi connectivity index (χ2v) is 23.7. The fraction of sp³-hybridized carbons (Fsp3) is 0.265. The number of aryl methyl sites for hydroxylation is 2. The number of imidazole rings is 1. The number of nitrogen functional groups attached to an aromatic ring is 2. The molecular formula is C34H41N7O19P6-4. The SMILES string of the molecule is Cc1cccc2c(N)cccc12.Cc1cccc2c(NP(=O)(O)OP(=O)([O-])OP(C)(=O)[O-])cccc12.Nc1ncnc2c1ncn2[C@H]1CC(O)[C@@H](COP(=O)([O-])OP(=O)([O-])OP(=O)(O)O)C1. The zero-order valence-corrected chi connectivity index (χ0v) is 39.8. The molecule has 0 saturated heterocycles. The Morgan fingerprint density at radius 2 is 1.27 bits per heavy atom. The summed E-state index contributed by atoms with van der Waals surface area (Å²) < 4.78 is 88.4.